The molecule has 1 unspecified atom stereocenters. The van der Waals surface area contributed by atoms with Gasteiger partial charge in [-0.25, -0.2) is 8.78 Å². The number of aryl methyl sites for hydroxylation is 1. The molecule has 0 spiro atoms. The van der Waals surface area contributed by atoms with Crippen LogP contribution in [0.1, 0.15) is 29.7 Å². The molecule has 4 heteroatoms. The lowest BCUT2D eigenvalue weighted by atomic mass is 9.97. The third-order valence-corrected chi connectivity index (χ3v) is 3.27. The number of nitrogens with one attached hydrogen (secondary N) is 1. The van der Waals surface area contributed by atoms with Crippen LogP contribution in [0.3, 0.4) is 0 Å². The van der Waals surface area contributed by atoms with Crippen molar-refractivity contribution < 1.29 is 8.78 Å². The standard InChI is InChI=1S/C16H18F2N2/c1-3-20-16(15-10-19-5-4-11(15)2)8-12-6-13(17)9-14(18)7-12/h4-7,9-10,16,20H,3,8H2,1-2H3. The molecule has 2 rings (SSSR count). The van der Waals surface area contributed by atoms with E-state index >= 15 is 0 Å². The molecule has 1 aromatic heterocycles. The number of pyridine rings is 1. The van der Waals surface area contributed by atoms with Crippen molar-refractivity contribution in [2.45, 2.75) is 26.3 Å². The Morgan fingerprint density at radius 2 is 1.90 bits per heavy atom. The fourth-order valence-electron chi connectivity index (χ4n) is 2.34. The monoisotopic (exact) mass is 276 g/mol. The predicted octanol–water partition coefficient (Wildman–Crippen LogP) is 3.56. The van der Waals surface area contributed by atoms with Crippen LogP contribution < -0.4 is 5.32 Å². The Labute approximate surface area is 117 Å². The first kappa shape index (κ1) is 14.6. The Kier molecular flexibility index (Phi) is 4.79. The van der Waals surface area contributed by atoms with Gasteiger partial charge in [-0.3, -0.25) is 4.98 Å². The summed E-state index contributed by atoms with van der Waals surface area (Å²) in [6.07, 6.45) is 4.07. The molecule has 0 bridgehead atoms. The molecular weight excluding hydrogens is 258 g/mol. The molecule has 0 amide bonds. The summed E-state index contributed by atoms with van der Waals surface area (Å²) in [6, 6.07) is 5.57. The van der Waals surface area contributed by atoms with Crippen molar-refractivity contribution in [1.82, 2.24) is 10.3 Å². The molecule has 2 aromatic rings. The highest BCUT2D eigenvalue weighted by atomic mass is 19.1. The molecule has 106 valence electrons. The fourth-order valence-corrected chi connectivity index (χ4v) is 2.34. The molecule has 2 nitrogen and oxygen atoms in total. The highest BCUT2D eigenvalue weighted by molar-refractivity contribution is 5.28. The van der Waals surface area contributed by atoms with Crippen LogP contribution in [0.5, 0.6) is 0 Å². The Morgan fingerprint density at radius 3 is 2.50 bits per heavy atom. The topological polar surface area (TPSA) is 24.9 Å². The highest BCUT2D eigenvalue weighted by Gasteiger charge is 2.14. The van der Waals surface area contributed by atoms with Crippen molar-refractivity contribution in [3.63, 3.8) is 0 Å². The van der Waals surface area contributed by atoms with Gasteiger partial charge in [-0.1, -0.05) is 6.92 Å². The van der Waals surface area contributed by atoms with Crippen LogP contribution in [0.25, 0.3) is 0 Å². The molecule has 0 radical (unpaired) electrons. The summed E-state index contributed by atoms with van der Waals surface area (Å²) in [7, 11) is 0. The number of rotatable bonds is 5. The van der Waals surface area contributed by atoms with E-state index in [1.165, 1.54) is 12.1 Å². The summed E-state index contributed by atoms with van der Waals surface area (Å²) in [5.41, 5.74) is 2.80. The van der Waals surface area contributed by atoms with Gasteiger partial charge in [0.25, 0.3) is 0 Å². The van der Waals surface area contributed by atoms with E-state index in [1.54, 1.807) is 12.4 Å². The third kappa shape index (κ3) is 3.61. The smallest absolute Gasteiger partial charge is 0.126 e. The normalized spacial score (nSPS) is 12.4. The lowest BCUT2D eigenvalue weighted by Crippen LogP contribution is -2.24. The molecule has 1 atom stereocenters. The summed E-state index contributed by atoms with van der Waals surface area (Å²) in [5, 5.41) is 3.34. The minimum atomic E-state index is -0.543. The second-order valence-corrected chi connectivity index (χ2v) is 4.82. The number of likely N-dealkylation sites (N-methyl/N-ethyl adjacent to an activating group) is 1. The molecular formula is C16H18F2N2. The van der Waals surface area contributed by atoms with E-state index in [1.807, 2.05) is 19.9 Å². The Hall–Kier alpha value is -1.81. The zero-order valence-electron chi connectivity index (χ0n) is 11.7. The van der Waals surface area contributed by atoms with Crippen molar-refractivity contribution in [2.24, 2.45) is 0 Å². The quantitative estimate of drug-likeness (QED) is 0.903. The maximum Gasteiger partial charge on any atom is 0.126 e. The minimum Gasteiger partial charge on any atom is -0.310 e. The number of nitrogens with zero attached hydrogens (tertiary/aromatic N) is 1. The Bertz CT molecular complexity index is 564. The SMILES string of the molecule is CCNC(Cc1cc(F)cc(F)c1)c1cnccc1C. The van der Waals surface area contributed by atoms with E-state index in [0.717, 1.165) is 23.7 Å². The van der Waals surface area contributed by atoms with E-state index in [4.69, 9.17) is 0 Å². The number of hydrogen-bond acceptors (Lipinski definition) is 2. The second kappa shape index (κ2) is 6.57. The van der Waals surface area contributed by atoms with Crippen LogP contribution in [-0.2, 0) is 6.42 Å². The number of hydrogen-bond donors (Lipinski definition) is 1. The average molecular weight is 276 g/mol. The lowest BCUT2D eigenvalue weighted by Gasteiger charge is -2.20. The van der Waals surface area contributed by atoms with Gasteiger partial charge in [0.1, 0.15) is 11.6 Å². The van der Waals surface area contributed by atoms with Crippen molar-refractivity contribution >= 4 is 0 Å². The van der Waals surface area contributed by atoms with E-state index in [0.29, 0.717) is 12.0 Å². The van der Waals surface area contributed by atoms with Gasteiger partial charge in [0.15, 0.2) is 0 Å². The zero-order chi connectivity index (χ0) is 14.5. The Balaban J connectivity index is 2.28. The van der Waals surface area contributed by atoms with Gasteiger partial charge < -0.3 is 5.32 Å². The van der Waals surface area contributed by atoms with Crippen molar-refractivity contribution in [2.75, 3.05) is 6.54 Å². The van der Waals surface area contributed by atoms with Gasteiger partial charge in [0.05, 0.1) is 0 Å². The molecule has 20 heavy (non-hydrogen) atoms. The van der Waals surface area contributed by atoms with E-state index < -0.39 is 11.6 Å². The van der Waals surface area contributed by atoms with Crippen LogP contribution in [0, 0.1) is 18.6 Å². The summed E-state index contributed by atoms with van der Waals surface area (Å²) in [5.74, 6) is -1.09. The molecule has 1 heterocycles. The van der Waals surface area contributed by atoms with Crippen LogP contribution >= 0.6 is 0 Å². The molecule has 1 aromatic carbocycles. The van der Waals surface area contributed by atoms with Crippen LogP contribution in [-0.4, -0.2) is 11.5 Å². The fraction of sp³-hybridized carbons (Fsp3) is 0.312. The van der Waals surface area contributed by atoms with Crippen molar-refractivity contribution in [1.29, 1.82) is 0 Å². The first-order valence-electron chi connectivity index (χ1n) is 6.69. The molecule has 0 aliphatic rings. The number of halogens is 2. The summed E-state index contributed by atoms with van der Waals surface area (Å²) < 4.78 is 26.5. The van der Waals surface area contributed by atoms with Gasteiger partial charge in [0.2, 0.25) is 0 Å². The molecule has 0 saturated carbocycles. The van der Waals surface area contributed by atoms with E-state index in [9.17, 15) is 8.78 Å². The van der Waals surface area contributed by atoms with Gasteiger partial charge in [0, 0.05) is 24.5 Å². The highest BCUT2D eigenvalue weighted by Crippen LogP contribution is 2.22. The lowest BCUT2D eigenvalue weighted by molar-refractivity contribution is 0.536. The first-order valence-corrected chi connectivity index (χ1v) is 6.69. The van der Waals surface area contributed by atoms with Crippen molar-refractivity contribution in [3.8, 4) is 0 Å². The summed E-state index contributed by atoms with van der Waals surface area (Å²) in [4.78, 5) is 4.14. The molecule has 0 aliphatic carbocycles. The third-order valence-electron chi connectivity index (χ3n) is 3.27. The largest absolute Gasteiger partial charge is 0.310 e. The number of benzene rings is 1. The second-order valence-electron chi connectivity index (χ2n) is 4.82. The van der Waals surface area contributed by atoms with Gasteiger partial charge in [-0.05, 0) is 54.8 Å². The van der Waals surface area contributed by atoms with Gasteiger partial charge in [-0.2, -0.15) is 0 Å². The van der Waals surface area contributed by atoms with Crippen LogP contribution in [0.4, 0.5) is 8.78 Å². The first-order chi connectivity index (χ1) is 9.60. The maximum absolute atomic E-state index is 13.3. The summed E-state index contributed by atoms with van der Waals surface area (Å²) in [6.45, 7) is 4.79. The zero-order valence-corrected chi connectivity index (χ0v) is 11.7. The van der Waals surface area contributed by atoms with Crippen LogP contribution in [0.2, 0.25) is 0 Å². The summed E-state index contributed by atoms with van der Waals surface area (Å²) >= 11 is 0. The molecule has 1 N–H and O–H groups in total. The van der Waals surface area contributed by atoms with Gasteiger partial charge >= 0.3 is 0 Å². The van der Waals surface area contributed by atoms with Gasteiger partial charge in [-0.15, -0.1) is 0 Å². The minimum absolute atomic E-state index is 0.00472. The van der Waals surface area contributed by atoms with E-state index in [-0.39, 0.29) is 6.04 Å². The Morgan fingerprint density at radius 1 is 1.20 bits per heavy atom. The predicted molar refractivity (Wildman–Crippen MR) is 75.5 cm³/mol. The van der Waals surface area contributed by atoms with Crippen LogP contribution in [0.15, 0.2) is 36.7 Å². The maximum atomic E-state index is 13.3. The molecule has 0 aliphatic heterocycles. The van der Waals surface area contributed by atoms with E-state index in [2.05, 4.69) is 10.3 Å². The van der Waals surface area contributed by atoms with Crippen molar-refractivity contribution in [3.05, 3.63) is 65.0 Å². The average Bonchev–Trinajstić information content (AvgIpc) is 2.37. The molecule has 0 saturated heterocycles. The number of aromatic nitrogens is 1. The molecule has 0 fully saturated rings.